The molecule has 0 fully saturated rings. The lowest BCUT2D eigenvalue weighted by atomic mass is 9.90. The minimum atomic E-state index is -0.209. The second kappa shape index (κ2) is 5.14. The van der Waals surface area contributed by atoms with Crippen molar-refractivity contribution in [3.05, 3.63) is 69.5 Å². The van der Waals surface area contributed by atoms with E-state index in [4.69, 9.17) is 5.73 Å². The lowest BCUT2D eigenvalue weighted by Gasteiger charge is -2.19. The Labute approximate surface area is 114 Å². The summed E-state index contributed by atoms with van der Waals surface area (Å²) in [6.45, 7) is 7.95. The summed E-state index contributed by atoms with van der Waals surface area (Å²) >= 11 is 0. The second-order valence-electron chi connectivity index (χ2n) is 5.35. The van der Waals surface area contributed by atoms with Gasteiger partial charge in [-0.3, -0.25) is 0 Å². The number of benzene rings is 2. The first-order chi connectivity index (χ1) is 8.88. The molecule has 1 unspecified atom stereocenters. The van der Waals surface area contributed by atoms with Crippen LogP contribution in [0.2, 0.25) is 0 Å². The summed E-state index contributed by atoms with van der Waals surface area (Å²) in [5.41, 5.74) is 12.7. The van der Waals surface area contributed by atoms with E-state index in [-0.39, 0.29) is 11.9 Å². The molecule has 2 rings (SSSR count). The van der Waals surface area contributed by atoms with Crippen molar-refractivity contribution in [2.24, 2.45) is 5.73 Å². The summed E-state index contributed by atoms with van der Waals surface area (Å²) in [7, 11) is 0. The van der Waals surface area contributed by atoms with Crippen LogP contribution in [0.25, 0.3) is 0 Å². The van der Waals surface area contributed by atoms with E-state index in [1.165, 1.54) is 11.1 Å². The highest BCUT2D eigenvalue weighted by atomic mass is 19.1. The maximum Gasteiger partial charge on any atom is 0.123 e. The first-order valence-corrected chi connectivity index (χ1v) is 6.49. The summed E-state index contributed by atoms with van der Waals surface area (Å²) < 4.78 is 13.4. The maximum absolute atomic E-state index is 13.4. The van der Waals surface area contributed by atoms with E-state index in [9.17, 15) is 4.39 Å². The molecule has 0 aromatic heterocycles. The Morgan fingerprint density at radius 1 is 0.842 bits per heavy atom. The molecule has 0 saturated carbocycles. The SMILES string of the molecule is Cc1cc(C)cc(C(N)c2c(C)cc(F)cc2C)c1. The van der Waals surface area contributed by atoms with Gasteiger partial charge in [-0.2, -0.15) is 0 Å². The molecule has 2 aromatic carbocycles. The van der Waals surface area contributed by atoms with Gasteiger partial charge in [-0.25, -0.2) is 4.39 Å². The monoisotopic (exact) mass is 257 g/mol. The molecule has 2 heteroatoms. The van der Waals surface area contributed by atoms with Crippen LogP contribution in [0.15, 0.2) is 30.3 Å². The lowest BCUT2D eigenvalue weighted by molar-refractivity contribution is 0.623. The number of hydrogen-bond donors (Lipinski definition) is 1. The minimum absolute atomic E-state index is 0.202. The molecule has 0 saturated heterocycles. The van der Waals surface area contributed by atoms with Gasteiger partial charge in [0.05, 0.1) is 6.04 Å². The van der Waals surface area contributed by atoms with E-state index in [1.807, 2.05) is 13.8 Å². The molecule has 100 valence electrons. The third kappa shape index (κ3) is 2.85. The fourth-order valence-corrected chi connectivity index (χ4v) is 2.77. The molecule has 0 heterocycles. The topological polar surface area (TPSA) is 26.0 Å². The van der Waals surface area contributed by atoms with Gasteiger partial charge in [0.2, 0.25) is 0 Å². The van der Waals surface area contributed by atoms with Crippen molar-refractivity contribution < 1.29 is 4.39 Å². The first-order valence-electron chi connectivity index (χ1n) is 6.49. The average molecular weight is 257 g/mol. The largest absolute Gasteiger partial charge is 0.320 e. The highest BCUT2D eigenvalue weighted by molar-refractivity contribution is 5.43. The van der Waals surface area contributed by atoms with Gasteiger partial charge in [-0.1, -0.05) is 29.3 Å². The molecule has 0 aliphatic heterocycles. The summed E-state index contributed by atoms with van der Waals surface area (Å²) in [5, 5.41) is 0. The fourth-order valence-electron chi connectivity index (χ4n) is 2.77. The molecule has 0 amide bonds. The molecular weight excluding hydrogens is 237 g/mol. The van der Waals surface area contributed by atoms with Gasteiger partial charge in [-0.05, 0) is 62.1 Å². The van der Waals surface area contributed by atoms with E-state index in [0.29, 0.717) is 0 Å². The lowest BCUT2D eigenvalue weighted by Crippen LogP contribution is -2.15. The van der Waals surface area contributed by atoms with E-state index in [2.05, 4.69) is 32.0 Å². The highest BCUT2D eigenvalue weighted by Crippen LogP contribution is 2.27. The Balaban J connectivity index is 2.52. The van der Waals surface area contributed by atoms with Crippen LogP contribution in [-0.2, 0) is 0 Å². The molecule has 1 nitrogen and oxygen atoms in total. The predicted molar refractivity (Wildman–Crippen MR) is 77.8 cm³/mol. The molecule has 0 spiro atoms. The van der Waals surface area contributed by atoms with Crippen molar-refractivity contribution in [2.75, 3.05) is 0 Å². The molecule has 1 atom stereocenters. The number of nitrogens with two attached hydrogens (primary N) is 1. The van der Waals surface area contributed by atoms with Crippen LogP contribution in [0, 0.1) is 33.5 Å². The van der Waals surface area contributed by atoms with Crippen molar-refractivity contribution >= 4 is 0 Å². The van der Waals surface area contributed by atoms with Gasteiger partial charge in [0.1, 0.15) is 5.82 Å². The van der Waals surface area contributed by atoms with Crippen LogP contribution in [0.4, 0.5) is 4.39 Å². The van der Waals surface area contributed by atoms with Gasteiger partial charge in [0.15, 0.2) is 0 Å². The molecule has 2 aromatic rings. The molecule has 0 bridgehead atoms. The van der Waals surface area contributed by atoms with Crippen molar-refractivity contribution in [2.45, 2.75) is 33.7 Å². The van der Waals surface area contributed by atoms with Crippen molar-refractivity contribution in [1.29, 1.82) is 0 Å². The Morgan fingerprint density at radius 2 is 1.32 bits per heavy atom. The van der Waals surface area contributed by atoms with Gasteiger partial charge in [0, 0.05) is 0 Å². The van der Waals surface area contributed by atoms with Gasteiger partial charge in [-0.15, -0.1) is 0 Å². The number of hydrogen-bond acceptors (Lipinski definition) is 1. The van der Waals surface area contributed by atoms with E-state index >= 15 is 0 Å². The fraction of sp³-hybridized carbons (Fsp3) is 0.294. The van der Waals surface area contributed by atoms with Crippen LogP contribution in [0.5, 0.6) is 0 Å². The van der Waals surface area contributed by atoms with Crippen LogP contribution in [-0.4, -0.2) is 0 Å². The maximum atomic E-state index is 13.4. The first kappa shape index (κ1) is 13.8. The van der Waals surface area contributed by atoms with Crippen molar-refractivity contribution in [1.82, 2.24) is 0 Å². The van der Waals surface area contributed by atoms with Gasteiger partial charge >= 0.3 is 0 Å². The van der Waals surface area contributed by atoms with Crippen LogP contribution >= 0.6 is 0 Å². The Hall–Kier alpha value is -1.67. The van der Waals surface area contributed by atoms with Crippen LogP contribution in [0.1, 0.15) is 39.4 Å². The summed E-state index contributed by atoms with van der Waals surface area (Å²) in [6.07, 6.45) is 0. The predicted octanol–water partition coefficient (Wildman–Crippen LogP) is 4.11. The van der Waals surface area contributed by atoms with Crippen molar-refractivity contribution in [3.63, 3.8) is 0 Å². The Kier molecular flexibility index (Phi) is 3.72. The second-order valence-corrected chi connectivity index (χ2v) is 5.35. The summed E-state index contributed by atoms with van der Waals surface area (Å²) in [4.78, 5) is 0. The van der Waals surface area contributed by atoms with Gasteiger partial charge in [0.25, 0.3) is 0 Å². The summed E-state index contributed by atoms with van der Waals surface area (Å²) in [5.74, 6) is -0.202. The standard InChI is InChI=1S/C17H20FN/c1-10-5-11(2)7-14(6-10)17(19)16-12(3)8-15(18)9-13(16)4/h5-9,17H,19H2,1-4H3. The minimum Gasteiger partial charge on any atom is -0.320 e. The zero-order valence-corrected chi connectivity index (χ0v) is 11.9. The van der Waals surface area contributed by atoms with Crippen LogP contribution < -0.4 is 5.73 Å². The van der Waals surface area contributed by atoms with E-state index in [1.54, 1.807) is 12.1 Å². The molecule has 0 aliphatic rings. The zero-order valence-electron chi connectivity index (χ0n) is 11.9. The average Bonchev–Trinajstić information content (AvgIpc) is 2.25. The Morgan fingerprint density at radius 3 is 1.79 bits per heavy atom. The molecule has 0 aliphatic carbocycles. The van der Waals surface area contributed by atoms with Gasteiger partial charge < -0.3 is 5.73 Å². The van der Waals surface area contributed by atoms with E-state index in [0.717, 1.165) is 22.3 Å². The zero-order chi connectivity index (χ0) is 14.2. The highest BCUT2D eigenvalue weighted by Gasteiger charge is 2.15. The smallest absolute Gasteiger partial charge is 0.123 e. The third-order valence-corrected chi connectivity index (χ3v) is 3.47. The number of halogens is 1. The third-order valence-electron chi connectivity index (χ3n) is 3.47. The van der Waals surface area contributed by atoms with E-state index < -0.39 is 0 Å². The Bertz CT molecular complexity index is 573. The summed E-state index contributed by atoms with van der Waals surface area (Å²) in [6, 6.07) is 9.20. The van der Waals surface area contributed by atoms with Crippen molar-refractivity contribution in [3.8, 4) is 0 Å². The molecule has 19 heavy (non-hydrogen) atoms. The van der Waals surface area contributed by atoms with Crippen LogP contribution in [0.3, 0.4) is 0 Å². The molecule has 0 radical (unpaired) electrons. The molecular formula is C17H20FN. The molecule has 2 N–H and O–H groups in total. The number of rotatable bonds is 2. The number of aryl methyl sites for hydroxylation is 4. The quantitative estimate of drug-likeness (QED) is 0.861. The normalized spacial score (nSPS) is 12.5.